The standard InChI is InChI=1S/C22H19ClN4OS/c23-21-17(27-12-4-3-7-19(27)25-21)8-9-20(28)26-13-10-15(11-14-26)22-24-16-5-1-2-6-18(16)29-22/h1-9,12,15H,10-11,13-14H2/b9-8+. The molecule has 0 radical (unpaired) electrons. The monoisotopic (exact) mass is 422 g/mol. The van der Waals surface area contributed by atoms with E-state index in [1.165, 1.54) is 9.71 Å². The molecule has 4 heterocycles. The van der Waals surface area contributed by atoms with E-state index in [1.54, 1.807) is 23.5 Å². The van der Waals surface area contributed by atoms with Crippen LogP contribution in [0.3, 0.4) is 0 Å². The molecule has 0 spiro atoms. The molecular weight excluding hydrogens is 404 g/mol. The Morgan fingerprint density at radius 2 is 1.90 bits per heavy atom. The van der Waals surface area contributed by atoms with Gasteiger partial charge < -0.3 is 4.90 Å². The number of hydrogen-bond donors (Lipinski definition) is 0. The van der Waals surface area contributed by atoms with Crippen LogP contribution < -0.4 is 0 Å². The van der Waals surface area contributed by atoms with Crippen LogP contribution in [0, 0.1) is 0 Å². The summed E-state index contributed by atoms with van der Waals surface area (Å²) < 4.78 is 3.11. The van der Waals surface area contributed by atoms with E-state index < -0.39 is 0 Å². The van der Waals surface area contributed by atoms with Crippen LogP contribution in [0.4, 0.5) is 0 Å². The average Bonchev–Trinajstić information content (AvgIpc) is 3.32. The maximum atomic E-state index is 12.7. The molecule has 5 nitrogen and oxygen atoms in total. The van der Waals surface area contributed by atoms with Crippen molar-refractivity contribution in [1.29, 1.82) is 0 Å². The van der Waals surface area contributed by atoms with Gasteiger partial charge in [0, 0.05) is 31.3 Å². The molecule has 1 aliphatic heterocycles. The summed E-state index contributed by atoms with van der Waals surface area (Å²) in [7, 11) is 0. The fourth-order valence-electron chi connectivity index (χ4n) is 3.80. The molecule has 0 bridgehead atoms. The molecule has 29 heavy (non-hydrogen) atoms. The van der Waals surface area contributed by atoms with Crippen molar-refractivity contribution >= 4 is 50.8 Å². The van der Waals surface area contributed by atoms with Crippen LogP contribution in [0.25, 0.3) is 21.9 Å². The van der Waals surface area contributed by atoms with Gasteiger partial charge in [-0.05, 0) is 43.2 Å². The van der Waals surface area contributed by atoms with Crippen LogP contribution in [0.2, 0.25) is 5.15 Å². The van der Waals surface area contributed by atoms with Gasteiger partial charge >= 0.3 is 0 Å². The van der Waals surface area contributed by atoms with Crippen LogP contribution in [-0.4, -0.2) is 38.3 Å². The largest absolute Gasteiger partial charge is 0.339 e. The van der Waals surface area contributed by atoms with Gasteiger partial charge in [-0.3, -0.25) is 9.20 Å². The van der Waals surface area contributed by atoms with E-state index in [2.05, 4.69) is 17.1 Å². The van der Waals surface area contributed by atoms with Crippen LogP contribution in [0.5, 0.6) is 0 Å². The molecule has 0 atom stereocenters. The highest BCUT2D eigenvalue weighted by atomic mass is 35.5. The minimum Gasteiger partial charge on any atom is -0.339 e. The second kappa shape index (κ2) is 7.61. The molecule has 0 N–H and O–H groups in total. The van der Waals surface area contributed by atoms with Crippen molar-refractivity contribution in [3.8, 4) is 0 Å². The van der Waals surface area contributed by atoms with Gasteiger partial charge in [0.05, 0.1) is 20.9 Å². The Bertz CT molecular complexity index is 1190. The summed E-state index contributed by atoms with van der Waals surface area (Å²) in [5.41, 5.74) is 2.56. The lowest BCUT2D eigenvalue weighted by Crippen LogP contribution is -2.36. The van der Waals surface area contributed by atoms with E-state index in [1.807, 2.05) is 45.8 Å². The average molecular weight is 423 g/mol. The number of para-hydroxylation sites is 1. The van der Waals surface area contributed by atoms with Crippen molar-refractivity contribution in [2.75, 3.05) is 13.1 Å². The molecule has 3 aromatic heterocycles. The molecule has 5 rings (SSSR count). The minimum absolute atomic E-state index is 0.00898. The summed E-state index contributed by atoms with van der Waals surface area (Å²) in [5, 5.41) is 1.58. The number of pyridine rings is 1. The number of hydrogen-bond acceptors (Lipinski definition) is 4. The zero-order chi connectivity index (χ0) is 19.8. The second-order valence-electron chi connectivity index (χ2n) is 7.17. The van der Waals surface area contributed by atoms with Gasteiger partial charge in [0.2, 0.25) is 5.91 Å². The first-order chi connectivity index (χ1) is 14.2. The Hall–Kier alpha value is -2.70. The van der Waals surface area contributed by atoms with Gasteiger partial charge in [-0.15, -0.1) is 11.3 Å². The Morgan fingerprint density at radius 1 is 1.10 bits per heavy atom. The SMILES string of the molecule is O=C(/C=C/c1c(Cl)nc2ccccn12)N1CCC(c2nc3ccccc3s2)CC1. The summed E-state index contributed by atoms with van der Waals surface area (Å²) in [4.78, 5) is 23.7. The molecule has 0 aliphatic carbocycles. The summed E-state index contributed by atoms with van der Waals surface area (Å²) in [6.07, 6.45) is 7.12. The number of carbonyl (C=O) groups excluding carboxylic acids is 1. The molecule has 1 saturated heterocycles. The highest BCUT2D eigenvalue weighted by Gasteiger charge is 2.25. The molecule has 7 heteroatoms. The zero-order valence-electron chi connectivity index (χ0n) is 15.7. The number of thiazole rings is 1. The van der Waals surface area contributed by atoms with Crippen molar-refractivity contribution < 1.29 is 4.79 Å². The number of benzene rings is 1. The van der Waals surface area contributed by atoms with Crippen molar-refractivity contribution in [2.45, 2.75) is 18.8 Å². The minimum atomic E-state index is 0.00898. The lowest BCUT2D eigenvalue weighted by molar-refractivity contribution is -0.126. The Balaban J connectivity index is 1.26. The maximum Gasteiger partial charge on any atom is 0.246 e. The zero-order valence-corrected chi connectivity index (χ0v) is 17.2. The van der Waals surface area contributed by atoms with Crippen LogP contribution in [-0.2, 0) is 4.79 Å². The van der Waals surface area contributed by atoms with E-state index in [0.717, 1.165) is 42.8 Å². The summed E-state index contributed by atoms with van der Waals surface area (Å²) in [5.74, 6) is 0.434. The number of aromatic nitrogens is 3. The molecule has 1 fully saturated rings. The fraction of sp³-hybridized carbons (Fsp3) is 0.227. The molecule has 1 aliphatic rings. The second-order valence-corrected chi connectivity index (χ2v) is 8.59. The number of rotatable bonds is 3. The smallest absolute Gasteiger partial charge is 0.246 e. The fourth-order valence-corrected chi connectivity index (χ4v) is 5.18. The van der Waals surface area contributed by atoms with Gasteiger partial charge in [0.25, 0.3) is 0 Å². The first-order valence-corrected chi connectivity index (χ1v) is 10.8. The molecule has 1 amide bonds. The molecule has 1 aromatic carbocycles. The Kier molecular flexibility index (Phi) is 4.81. The van der Waals surface area contributed by atoms with Gasteiger partial charge in [-0.25, -0.2) is 9.97 Å². The van der Waals surface area contributed by atoms with Crippen LogP contribution in [0.15, 0.2) is 54.7 Å². The first-order valence-electron chi connectivity index (χ1n) is 9.64. The maximum absolute atomic E-state index is 12.7. The number of nitrogens with zero attached hydrogens (tertiary/aromatic N) is 4. The number of halogens is 1. The number of fused-ring (bicyclic) bond motifs is 2. The van der Waals surface area contributed by atoms with Crippen molar-refractivity contribution in [1.82, 2.24) is 19.3 Å². The number of amides is 1. The molecule has 146 valence electrons. The Morgan fingerprint density at radius 3 is 2.72 bits per heavy atom. The van der Waals surface area contributed by atoms with E-state index in [-0.39, 0.29) is 5.91 Å². The van der Waals surface area contributed by atoms with Crippen LogP contribution in [0.1, 0.15) is 29.5 Å². The number of imidazole rings is 1. The predicted octanol–water partition coefficient (Wildman–Crippen LogP) is 5.02. The number of carbonyl (C=O) groups is 1. The lowest BCUT2D eigenvalue weighted by Gasteiger charge is -2.30. The van der Waals surface area contributed by atoms with Crippen molar-refractivity contribution in [3.63, 3.8) is 0 Å². The molecule has 0 unspecified atom stereocenters. The normalized spacial score (nSPS) is 15.7. The third-order valence-electron chi connectivity index (χ3n) is 5.37. The molecule has 0 saturated carbocycles. The Labute approximate surface area is 177 Å². The topological polar surface area (TPSA) is 50.5 Å². The van der Waals surface area contributed by atoms with Crippen LogP contribution >= 0.6 is 22.9 Å². The lowest BCUT2D eigenvalue weighted by atomic mass is 9.97. The summed E-state index contributed by atoms with van der Waals surface area (Å²) in [6.45, 7) is 1.48. The van der Waals surface area contributed by atoms with Crippen molar-refractivity contribution in [3.05, 3.63) is 70.6 Å². The highest BCUT2D eigenvalue weighted by molar-refractivity contribution is 7.18. The summed E-state index contributed by atoms with van der Waals surface area (Å²) >= 11 is 8.02. The van der Waals surface area contributed by atoms with Gasteiger partial charge in [0.1, 0.15) is 5.65 Å². The summed E-state index contributed by atoms with van der Waals surface area (Å²) in [6, 6.07) is 14.0. The van der Waals surface area contributed by atoms with Gasteiger partial charge in [-0.1, -0.05) is 29.8 Å². The van der Waals surface area contributed by atoms with E-state index in [0.29, 0.717) is 11.1 Å². The van der Waals surface area contributed by atoms with E-state index >= 15 is 0 Å². The van der Waals surface area contributed by atoms with E-state index in [9.17, 15) is 4.79 Å². The van der Waals surface area contributed by atoms with Gasteiger partial charge in [0.15, 0.2) is 5.15 Å². The predicted molar refractivity (Wildman–Crippen MR) is 117 cm³/mol. The first kappa shape index (κ1) is 18.3. The molecular formula is C22H19ClN4OS. The highest BCUT2D eigenvalue weighted by Crippen LogP contribution is 2.33. The van der Waals surface area contributed by atoms with E-state index in [4.69, 9.17) is 16.6 Å². The quantitative estimate of drug-likeness (QED) is 0.436. The number of likely N-dealkylation sites (tertiary alicyclic amines) is 1. The van der Waals surface area contributed by atoms with Gasteiger partial charge in [-0.2, -0.15) is 0 Å². The third kappa shape index (κ3) is 3.54. The number of piperidine rings is 1. The molecule has 4 aromatic rings. The third-order valence-corrected chi connectivity index (χ3v) is 6.85. The van der Waals surface area contributed by atoms with Crippen molar-refractivity contribution in [2.24, 2.45) is 0 Å².